The molecule has 1 saturated carbocycles. The second-order valence-corrected chi connectivity index (χ2v) is 13.2. The highest BCUT2D eigenvalue weighted by molar-refractivity contribution is 7.90. The van der Waals surface area contributed by atoms with E-state index in [0.717, 1.165) is 18.2 Å². The van der Waals surface area contributed by atoms with Crippen molar-refractivity contribution < 1.29 is 26.8 Å². The summed E-state index contributed by atoms with van der Waals surface area (Å²) < 4.78 is 47.0. The van der Waals surface area contributed by atoms with Crippen molar-refractivity contribution in [3.8, 4) is 0 Å². The highest BCUT2D eigenvalue weighted by Gasteiger charge is 2.26. The van der Waals surface area contributed by atoms with E-state index in [9.17, 15) is 17.8 Å². The van der Waals surface area contributed by atoms with Crippen LogP contribution >= 0.6 is 7.60 Å². The lowest BCUT2D eigenvalue weighted by atomic mass is 9.89. The Morgan fingerprint density at radius 2 is 1.72 bits per heavy atom. The molecule has 1 aromatic heterocycles. The summed E-state index contributed by atoms with van der Waals surface area (Å²) in [6, 6.07) is 6.51. The van der Waals surface area contributed by atoms with Gasteiger partial charge in [0.1, 0.15) is 0 Å². The number of nitrogens with one attached hydrogen (secondary N) is 1. The van der Waals surface area contributed by atoms with E-state index in [1.807, 2.05) is 0 Å². The van der Waals surface area contributed by atoms with Crippen LogP contribution in [0.4, 0.5) is 5.82 Å². The summed E-state index contributed by atoms with van der Waals surface area (Å²) in [5.41, 5.74) is 1.20. The molecular weight excluding hydrogens is 501 g/mol. The highest BCUT2D eigenvalue weighted by atomic mass is 32.2. The molecule has 1 N–H and O–H groups in total. The normalized spacial score (nSPS) is 15.6. The van der Waals surface area contributed by atoms with Crippen LogP contribution < -0.4 is 5.32 Å². The maximum Gasteiger partial charge on any atom is 0.336 e. The van der Waals surface area contributed by atoms with Gasteiger partial charge in [-0.05, 0) is 50.3 Å². The van der Waals surface area contributed by atoms with Gasteiger partial charge in [0.25, 0.3) is 0 Å². The molecular formula is C25H36N3O6PS. The fourth-order valence-electron chi connectivity index (χ4n) is 4.53. The smallest absolute Gasteiger partial charge is 0.309 e. The molecule has 3 rings (SSSR count). The Morgan fingerprint density at radius 3 is 2.25 bits per heavy atom. The van der Waals surface area contributed by atoms with Crippen LogP contribution in [0.5, 0.6) is 0 Å². The Kier molecular flexibility index (Phi) is 10.2. The molecule has 1 aromatic carbocycles. The average Bonchev–Trinajstić information content (AvgIpc) is 3.34. The quantitative estimate of drug-likeness (QED) is 0.340. The van der Waals surface area contributed by atoms with Gasteiger partial charge in [0.05, 0.1) is 48.3 Å². The van der Waals surface area contributed by atoms with Gasteiger partial charge in [-0.25, -0.2) is 13.4 Å². The van der Waals surface area contributed by atoms with Crippen molar-refractivity contribution in [2.24, 2.45) is 5.92 Å². The first-order valence-corrected chi connectivity index (χ1v) is 16.1. The van der Waals surface area contributed by atoms with Crippen molar-refractivity contribution in [3.05, 3.63) is 47.9 Å². The van der Waals surface area contributed by atoms with Crippen molar-refractivity contribution in [2.45, 2.75) is 69.3 Å². The van der Waals surface area contributed by atoms with Crippen molar-refractivity contribution in [1.29, 1.82) is 0 Å². The van der Waals surface area contributed by atoms with E-state index in [-0.39, 0.29) is 36.0 Å². The number of benzene rings is 1. The first-order chi connectivity index (χ1) is 17.1. The number of rotatable bonds is 13. The summed E-state index contributed by atoms with van der Waals surface area (Å²) in [5, 5.41) is 2.84. The number of sulfone groups is 1. The number of hydrogen-bond acceptors (Lipinski definition) is 8. The van der Waals surface area contributed by atoms with Crippen LogP contribution in [0.15, 0.2) is 41.6 Å². The van der Waals surface area contributed by atoms with E-state index >= 15 is 0 Å². The summed E-state index contributed by atoms with van der Waals surface area (Å²) in [6.07, 6.45) is 10.4. The van der Waals surface area contributed by atoms with Gasteiger partial charge in [-0.1, -0.05) is 37.8 Å². The second-order valence-electron chi connectivity index (χ2n) is 9.11. The van der Waals surface area contributed by atoms with E-state index in [4.69, 9.17) is 9.05 Å². The van der Waals surface area contributed by atoms with Gasteiger partial charge < -0.3 is 14.4 Å². The van der Waals surface area contributed by atoms with E-state index in [2.05, 4.69) is 15.3 Å². The Balaban J connectivity index is 1.73. The van der Waals surface area contributed by atoms with Gasteiger partial charge in [-0.3, -0.25) is 14.3 Å². The zero-order valence-electron chi connectivity index (χ0n) is 21.2. The predicted octanol–water partition coefficient (Wildman–Crippen LogP) is 5.34. The topological polar surface area (TPSA) is 125 Å². The summed E-state index contributed by atoms with van der Waals surface area (Å²) in [5.74, 6) is 0.222. The lowest BCUT2D eigenvalue weighted by Crippen LogP contribution is -2.22. The molecule has 36 heavy (non-hydrogen) atoms. The fraction of sp³-hybridized carbons (Fsp3) is 0.560. The number of anilines is 1. The first kappa shape index (κ1) is 28.4. The zero-order chi connectivity index (χ0) is 26.2. The SMILES string of the molecule is CCOP(=O)(Cc1cnc(NC(=O)[C@H](CCC2CCCC2)c2ccc(S(C)(=O)=O)cc2)cn1)OCC. The maximum atomic E-state index is 13.3. The molecule has 1 aliphatic carbocycles. The van der Waals surface area contributed by atoms with Gasteiger partial charge >= 0.3 is 7.60 Å². The van der Waals surface area contributed by atoms with Crippen LogP contribution in [0.3, 0.4) is 0 Å². The molecule has 1 heterocycles. The third-order valence-electron chi connectivity index (χ3n) is 6.33. The molecule has 0 unspecified atom stereocenters. The van der Waals surface area contributed by atoms with E-state index in [0.29, 0.717) is 18.0 Å². The van der Waals surface area contributed by atoms with Gasteiger partial charge in [-0.2, -0.15) is 0 Å². The Labute approximate surface area is 213 Å². The van der Waals surface area contributed by atoms with Crippen molar-refractivity contribution in [3.63, 3.8) is 0 Å². The summed E-state index contributed by atoms with van der Waals surface area (Å²) in [4.78, 5) is 22.1. The highest BCUT2D eigenvalue weighted by Crippen LogP contribution is 2.50. The minimum atomic E-state index is -3.32. The fourth-order valence-corrected chi connectivity index (χ4v) is 6.77. The molecule has 1 aliphatic rings. The van der Waals surface area contributed by atoms with Gasteiger partial charge in [-0.15, -0.1) is 0 Å². The van der Waals surface area contributed by atoms with Crippen LogP contribution in [-0.4, -0.2) is 43.8 Å². The van der Waals surface area contributed by atoms with Crippen molar-refractivity contribution in [1.82, 2.24) is 9.97 Å². The number of amides is 1. The molecule has 198 valence electrons. The molecule has 0 radical (unpaired) electrons. The molecule has 9 nitrogen and oxygen atoms in total. The van der Waals surface area contributed by atoms with E-state index in [1.54, 1.807) is 38.1 Å². The number of carbonyl (C=O) groups is 1. The predicted molar refractivity (Wildman–Crippen MR) is 139 cm³/mol. The minimum Gasteiger partial charge on any atom is -0.309 e. The van der Waals surface area contributed by atoms with Crippen LogP contribution in [0.2, 0.25) is 0 Å². The van der Waals surface area contributed by atoms with Crippen molar-refractivity contribution in [2.75, 3.05) is 24.8 Å². The Hall–Kier alpha value is -2.13. The standard InChI is InChI=1S/C25H36N3O6PS/c1-4-33-35(30,34-5-2)18-21-16-27-24(17-26-21)28-25(29)23(15-10-19-8-6-7-9-19)20-11-13-22(14-12-20)36(3,31)32/h11-14,16-17,19,23H,4-10,15,18H2,1-3H3,(H,27,28,29)/t23-/m1/s1. The molecule has 1 amide bonds. The zero-order valence-corrected chi connectivity index (χ0v) is 22.9. The third kappa shape index (κ3) is 8.20. The Morgan fingerprint density at radius 1 is 1.08 bits per heavy atom. The summed E-state index contributed by atoms with van der Waals surface area (Å²) in [6.45, 7) is 4.00. The van der Waals surface area contributed by atoms with Gasteiger partial charge in [0, 0.05) is 6.26 Å². The van der Waals surface area contributed by atoms with Gasteiger partial charge in [0.2, 0.25) is 5.91 Å². The molecule has 2 aromatic rings. The summed E-state index contributed by atoms with van der Waals surface area (Å²) in [7, 11) is -6.63. The number of hydrogen-bond donors (Lipinski definition) is 1. The van der Waals surface area contributed by atoms with Crippen LogP contribution in [0, 0.1) is 5.92 Å². The lowest BCUT2D eigenvalue weighted by Gasteiger charge is -2.19. The molecule has 0 aliphatic heterocycles. The maximum absolute atomic E-state index is 13.3. The molecule has 11 heteroatoms. The summed E-state index contributed by atoms with van der Waals surface area (Å²) >= 11 is 0. The van der Waals surface area contributed by atoms with Crippen LogP contribution in [0.1, 0.15) is 69.5 Å². The number of nitrogens with zero attached hydrogens (tertiary/aromatic N) is 2. The lowest BCUT2D eigenvalue weighted by molar-refractivity contribution is -0.117. The van der Waals surface area contributed by atoms with Crippen LogP contribution in [0.25, 0.3) is 0 Å². The van der Waals surface area contributed by atoms with E-state index in [1.165, 1.54) is 38.1 Å². The number of aromatic nitrogens is 2. The van der Waals surface area contributed by atoms with Gasteiger partial charge in [0.15, 0.2) is 15.7 Å². The monoisotopic (exact) mass is 537 g/mol. The number of carbonyl (C=O) groups excluding carboxylic acids is 1. The van der Waals surface area contributed by atoms with E-state index < -0.39 is 23.4 Å². The minimum absolute atomic E-state index is 0.00734. The third-order valence-corrected chi connectivity index (χ3v) is 9.47. The molecule has 1 atom stereocenters. The Bertz CT molecular complexity index is 1140. The first-order valence-electron chi connectivity index (χ1n) is 12.4. The molecule has 0 spiro atoms. The molecule has 1 fully saturated rings. The van der Waals surface area contributed by atoms with Crippen LogP contribution in [-0.2, 0) is 34.4 Å². The molecule has 0 bridgehead atoms. The largest absolute Gasteiger partial charge is 0.336 e. The second kappa shape index (κ2) is 12.9. The van der Waals surface area contributed by atoms with Crippen molar-refractivity contribution >= 4 is 29.2 Å². The average molecular weight is 538 g/mol. The molecule has 0 saturated heterocycles.